The predicted octanol–water partition coefficient (Wildman–Crippen LogP) is 2.02. The molecular weight excluding hydrogens is 275 g/mol. The Morgan fingerprint density at radius 1 is 1.50 bits per heavy atom. The zero-order valence-corrected chi connectivity index (χ0v) is 10.1. The number of aromatic nitrogens is 3. The molecule has 0 bridgehead atoms. The molecule has 84 valence electrons. The number of hydrogen-bond acceptors (Lipinski definition) is 3. The van der Waals surface area contributed by atoms with Crippen molar-refractivity contribution in [1.82, 2.24) is 20.5 Å². The van der Waals surface area contributed by atoms with Crippen LogP contribution in [0.3, 0.4) is 0 Å². The minimum absolute atomic E-state index is 0.279. The van der Waals surface area contributed by atoms with E-state index in [-0.39, 0.29) is 11.9 Å². The Hall–Kier alpha value is -1.27. The van der Waals surface area contributed by atoms with Crippen molar-refractivity contribution in [1.29, 1.82) is 0 Å². The molecule has 1 unspecified atom stereocenters. The molecule has 0 aliphatic rings. The lowest BCUT2D eigenvalue weighted by Gasteiger charge is -2.14. The highest BCUT2D eigenvalue weighted by molar-refractivity contribution is 9.10. The Morgan fingerprint density at radius 2 is 2.31 bits per heavy atom. The number of hydrogen-bond donors (Lipinski definition) is 2. The molecular formula is C10H10BrFN4. The molecule has 2 N–H and O–H groups in total. The second-order valence-corrected chi connectivity index (χ2v) is 4.17. The molecule has 1 aromatic carbocycles. The van der Waals surface area contributed by atoms with Gasteiger partial charge in [0.15, 0.2) is 0 Å². The van der Waals surface area contributed by atoms with Crippen LogP contribution in [0.4, 0.5) is 4.39 Å². The van der Waals surface area contributed by atoms with Gasteiger partial charge in [-0.1, -0.05) is 15.9 Å². The van der Waals surface area contributed by atoms with Gasteiger partial charge in [-0.05, 0) is 25.2 Å². The minimum Gasteiger partial charge on any atom is -0.307 e. The van der Waals surface area contributed by atoms with Crippen LogP contribution < -0.4 is 5.32 Å². The van der Waals surface area contributed by atoms with E-state index in [1.165, 1.54) is 12.4 Å². The van der Waals surface area contributed by atoms with Gasteiger partial charge in [-0.2, -0.15) is 5.10 Å². The first kappa shape index (κ1) is 11.2. The molecule has 0 aliphatic heterocycles. The van der Waals surface area contributed by atoms with Gasteiger partial charge in [0.2, 0.25) is 0 Å². The molecule has 0 saturated carbocycles. The zero-order valence-electron chi connectivity index (χ0n) is 8.54. The molecule has 1 atom stereocenters. The number of nitrogens with one attached hydrogen (secondary N) is 2. The van der Waals surface area contributed by atoms with Crippen LogP contribution in [0.5, 0.6) is 0 Å². The highest BCUT2D eigenvalue weighted by atomic mass is 79.9. The molecule has 1 heterocycles. The molecule has 0 fully saturated rings. The van der Waals surface area contributed by atoms with Crippen LogP contribution in [0.25, 0.3) is 0 Å². The van der Waals surface area contributed by atoms with Crippen LogP contribution >= 0.6 is 15.9 Å². The van der Waals surface area contributed by atoms with E-state index in [2.05, 4.69) is 36.4 Å². The van der Waals surface area contributed by atoms with Gasteiger partial charge in [0, 0.05) is 10.0 Å². The van der Waals surface area contributed by atoms with E-state index in [0.29, 0.717) is 11.4 Å². The van der Waals surface area contributed by atoms with Gasteiger partial charge >= 0.3 is 0 Å². The third kappa shape index (κ3) is 2.12. The van der Waals surface area contributed by atoms with Gasteiger partial charge in [-0.25, -0.2) is 9.37 Å². The minimum atomic E-state index is -0.333. The molecule has 2 aromatic rings. The molecule has 0 amide bonds. The van der Waals surface area contributed by atoms with Crippen molar-refractivity contribution in [3.8, 4) is 0 Å². The van der Waals surface area contributed by atoms with Crippen molar-refractivity contribution in [2.45, 2.75) is 6.04 Å². The van der Waals surface area contributed by atoms with E-state index in [1.807, 2.05) is 0 Å². The third-order valence-electron chi connectivity index (χ3n) is 2.26. The van der Waals surface area contributed by atoms with E-state index in [0.717, 1.165) is 4.47 Å². The fourth-order valence-corrected chi connectivity index (χ4v) is 1.91. The molecule has 2 rings (SSSR count). The van der Waals surface area contributed by atoms with Gasteiger partial charge in [0.05, 0.1) is 6.04 Å². The summed E-state index contributed by atoms with van der Waals surface area (Å²) in [5.74, 6) is 0.304. The van der Waals surface area contributed by atoms with Crippen molar-refractivity contribution in [2.24, 2.45) is 0 Å². The summed E-state index contributed by atoms with van der Waals surface area (Å²) in [5.41, 5.74) is 0.522. The van der Waals surface area contributed by atoms with E-state index in [4.69, 9.17) is 0 Å². The largest absolute Gasteiger partial charge is 0.307 e. The van der Waals surface area contributed by atoms with E-state index in [9.17, 15) is 4.39 Å². The van der Waals surface area contributed by atoms with Crippen LogP contribution in [0.2, 0.25) is 0 Å². The third-order valence-corrected chi connectivity index (χ3v) is 2.76. The van der Waals surface area contributed by atoms with Crippen LogP contribution in [-0.4, -0.2) is 22.2 Å². The summed E-state index contributed by atoms with van der Waals surface area (Å²) in [6.07, 6.45) is 1.40. The SMILES string of the molecule is CNC(c1ncn[nH]1)c1cc(Br)ccc1F. The fourth-order valence-electron chi connectivity index (χ4n) is 1.53. The Kier molecular flexibility index (Phi) is 3.31. The average molecular weight is 285 g/mol. The topological polar surface area (TPSA) is 53.6 Å². The molecule has 4 nitrogen and oxygen atoms in total. The van der Waals surface area contributed by atoms with E-state index in [1.54, 1.807) is 19.2 Å². The van der Waals surface area contributed by atoms with Crippen LogP contribution in [-0.2, 0) is 0 Å². The molecule has 0 saturated heterocycles. The monoisotopic (exact) mass is 284 g/mol. The van der Waals surface area contributed by atoms with E-state index >= 15 is 0 Å². The first-order valence-electron chi connectivity index (χ1n) is 4.70. The number of aromatic amines is 1. The standard InChI is InChI=1S/C10H10BrFN4/c1-13-9(10-14-5-15-16-10)7-4-6(11)2-3-8(7)12/h2-5,9,13H,1H3,(H,14,15,16). The Morgan fingerprint density at radius 3 is 2.94 bits per heavy atom. The summed E-state index contributed by atoms with van der Waals surface area (Å²) in [5, 5.41) is 9.48. The van der Waals surface area contributed by atoms with Gasteiger partial charge in [-0.15, -0.1) is 0 Å². The predicted molar refractivity (Wildman–Crippen MR) is 61.4 cm³/mol. The quantitative estimate of drug-likeness (QED) is 0.907. The van der Waals surface area contributed by atoms with Crippen LogP contribution in [0.1, 0.15) is 17.4 Å². The maximum Gasteiger partial charge on any atom is 0.146 e. The summed E-state index contributed by atoms with van der Waals surface area (Å²) >= 11 is 3.32. The number of nitrogens with zero attached hydrogens (tertiary/aromatic N) is 2. The molecule has 1 aromatic heterocycles. The van der Waals surface area contributed by atoms with Gasteiger partial charge in [-0.3, -0.25) is 5.10 Å². The Bertz CT molecular complexity index is 472. The van der Waals surface area contributed by atoms with Crippen molar-refractivity contribution in [3.63, 3.8) is 0 Å². The smallest absolute Gasteiger partial charge is 0.146 e. The molecule has 0 aliphatic carbocycles. The number of benzene rings is 1. The van der Waals surface area contributed by atoms with Gasteiger partial charge in [0.25, 0.3) is 0 Å². The van der Waals surface area contributed by atoms with Crippen molar-refractivity contribution >= 4 is 15.9 Å². The number of rotatable bonds is 3. The highest BCUT2D eigenvalue weighted by Gasteiger charge is 2.18. The molecule has 16 heavy (non-hydrogen) atoms. The summed E-state index contributed by atoms with van der Waals surface area (Å²) < 4.78 is 14.5. The second-order valence-electron chi connectivity index (χ2n) is 3.26. The summed E-state index contributed by atoms with van der Waals surface area (Å²) in [6.45, 7) is 0. The first-order chi connectivity index (χ1) is 7.72. The maximum absolute atomic E-state index is 13.7. The average Bonchev–Trinajstić information content (AvgIpc) is 2.78. The Labute approximate surface area is 100 Å². The maximum atomic E-state index is 13.7. The number of H-pyrrole nitrogens is 1. The first-order valence-corrected chi connectivity index (χ1v) is 5.49. The fraction of sp³-hybridized carbons (Fsp3) is 0.200. The zero-order chi connectivity index (χ0) is 11.5. The summed E-state index contributed by atoms with van der Waals surface area (Å²) in [4.78, 5) is 4.02. The highest BCUT2D eigenvalue weighted by Crippen LogP contribution is 2.24. The lowest BCUT2D eigenvalue weighted by atomic mass is 10.1. The number of halogens is 2. The second kappa shape index (κ2) is 4.71. The lowest BCUT2D eigenvalue weighted by Crippen LogP contribution is -2.20. The Balaban J connectivity index is 2.44. The van der Waals surface area contributed by atoms with Crippen molar-refractivity contribution in [3.05, 3.63) is 46.2 Å². The summed E-state index contributed by atoms with van der Waals surface area (Å²) in [6, 6.07) is 4.46. The van der Waals surface area contributed by atoms with E-state index < -0.39 is 0 Å². The lowest BCUT2D eigenvalue weighted by molar-refractivity contribution is 0.563. The van der Waals surface area contributed by atoms with Crippen molar-refractivity contribution in [2.75, 3.05) is 7.05 Å². The summed E-state index contributed by atoms with van der Waals surface area (Å²) in [7, 11) is 1.74. The molecule has 0 radical (unpaired) electrons. The van der Waals surface area contributed by atoms with Gasteiger partial charge in [0.1, 0.15) is 18.0 Å². The molecule has 0 spiro atoms. The molecule has 6 heteroatoms. The van der Waals surface area contributed by atoms with Crippen LogP contribution in [0, 0.1) is 5.82 Å². The van der Waals surface area contributed by atoms with Gasteiger partial charge < -0.3 is 5.32 Å². The van der Waals surface area contributed by atoms with Crippen LogP contribution in [0.15, 0.2) is 29.0 Å². The normalized spacial score (nSPS) is 12.7. The van der Waals surface area contributed by atoms with Crippen molar-refractivity contribution < 1.29 is 4.39 Å².